The van der Waals surface area contributed by atoms with Crippen LogP contribution in [0.2, 0.25) is 0 Å². The van der Waals surface area contributed by atoms with E-state index in [4.69, 9.17) is 9.47 Å². The Hall–Kier alpha value is -0.850. The topological polar surface area (TPSA) is 79.8 Å². The van der Waals surface area contributed by atoms with Crippen LogP contribution < -0.4 is 10.6 Å². The van der Waals surface area contributed by atoms with E-state index in [0.29, 0.717) is 26.4 Å². The number of rotatable bonds is 4. The fraction of sp³-hybridized carbons (Fsp3) is 0.909. The van der Waals surface area contributed by atoms with Gasteiger partial charge in [0.25, 0.3) is 0 Å². The fourth-order valence-corrected chi connectivity index (χ4v) is 2.07. The van der Waals surface area contributed by atoms with Gasteiger partial charge in [-0.3, -0.25) is 0 Å². The minimum Gasteiger partial charge on any atom is -0.394 e. The lowest BCUT2D eigenvalue weighted by atomic mass is 9.77. The number of hydrogen-bond donors (Lipinski definition) is 3. The average Bonchev–Trinajstić information content (AvgIpc) is 2.33. The Kier molecular flexibility index (Phi) is 4.20. The van der Waals surface area contributed by atoms with E-state index in [1.165, 1.54) is 0 Å². The summed E-state index contributed by atoms with van der Waals surface area (Å²) in [6.07, 6.45) is 2.68. The molecular formula is C11H20N2O4. The van der Waals surface area contributed by atoms with Gasteiger partial charge in [0.15, 0.2) is 0 Å². The Morgan fingerprint density at radius 3 is 2.76 bits per heavy atom. The summed E-state index contributed by atoms with van der Waals surface area (Å²) in [7, 11) is 0. The average molecular weight is 244 g/mol. The van der Waals surface area contributed by atoms with E-state index in [1.54, 1.807) is 0 Å². The molecule has 3 N–H and O–H groups in total. The molecule has 1 saturated heterocycles. The number of amides is 2. The first-order chi connectivity index (χ1) is 8.24. The Labute approximate surface area is 101 Å². The lowest BCUT2D eigenvalue weighted by Gasteiger charge is -2.40. The van der Waals surface area contributed by atoms with Crippen molar-refractivity contribution in [2.45, 2.75) is 30.9 Å². The molecule has 0 aromatic carbocycles. The number of aliphatic hydroxyl groups excluding tert-OH is 1. The van der Waals surface area contributed by atoms with Gasteiger partial charge in [-0.2, -0.15) is 0 Å². The van der Waals surface area contributed by atoms with Crippen LogP contribution in [0.5, 0.6) is 0 Å². The molecule has 1 atom stereocenters. The smallest absolute Gasteiger partial charge is 0.315 e. The van der Waals surface area contributed by atoms with Gasteiger partial charge in [0.1, 0.15) is 0 Å². The molecule has 2 rings (SSSR count). The molecule has 1 aliphatic heterocycles. The number of carbonyl (C=O) groups excluding carboxylic acids is 1. The number of aliphatic hydroxyl groups is 1. The summed E-state index contributed by atoms with van der Waals surface area (Å²) in [6.45, 7) is 2.16. The van der Waals surface area contributed by atoms with Gasteiger partial charge < -0.3 is 25.2 Å². The third-order valence-corrected chi connectivity index (χ3v) is 3.37. The third-order valence-electron chi connectivity index (χ3n) is 3.37. The van der Waals surface area contributed by atoms with Crippen molar-refractivity contribution in [1.29, 1.82) is 0 Å². The molecule has 2 fully saturated rings. The summed E-state index contributed by atoms with van der Waals surface area (Å²) in [5.74, 6) is 0. The summed E-state index contributed by atoms with van der Waals surface area (Å²) >= 11 is 0. The molecule has 1 heterocycles. The van der Waals surface area contributed by atoms with Gasteiger partial charge >= 0.3 is 6.03 Å². The molecule has 1 saturated carbocycles. The molecule has 0 bridgehead atoms. The van der Waals surface area contributed by atoms with Crippen LogP contribution >= 0.6 is 0 Å². The van der Waals surface area contributed by atoms with Crippen LogP contribution in [0.4, 0.5) is 4.79 Å². The van der Waals surface area contributed by atoms with Crippen LogP contribution in [0.3, 0.4) is 0 Å². The normalized spacial score (nSPS) is 27.0. The first-order valence-corrected chi connectivity index (χ1v) is 6.10. The molecule has 17 heavy (non-hydrogen) atoms. The van der Waals surface area contributed by atoms with Crippen LogP contribution in [0.25, 0.3) is 0 Å². The molecule has 2 amide bonds. The van der Waals surface area contributed by atoms with Crippen molar-refractivity contribution in [3.05, 3.63) is 0 Å². The third kappa shape index (κ3) is 3.31. The van der Waals surface area contributed by atoms with Gasteiger partial charge in [-0.25, -0.2) is 4.79 Å². The first kappa shape index (κ1) is 12.6. The number of urea groups is 1. The van der Waals surface area contributed by atoms with Gasteiger partial charge in [-0.05, 0) is 19.3 Å². The van der Waals surface area contributed by atoms with Crippen LogP contribution in [-0.4, -0.2) is 55.8 Å². The maximum atomic E-state index is 11.6. The molecule has 2 aliphatic rings. The second kappa shape index (κ2) is 5.66. The summed E-state index contributed by atoms with van der Waals surface area (Å²) in [5.41, 5.74) is -0.395. The molecule has 98 valence electrons. The Morgan fingerprint density at radius 2 is 2.24 bits per heavy atom. The maximum absolute atomic E-state index is 11.6. The van der Waals surface area contributed by atoms with Crippen LogP contribution in [0.1, 0.15) is 19.3 Å². The van der Waals surface area contributed by atoms with Crippen molar-refractivity contribution >= 4 is 6.03 Å². The monoisotopic (exact) mass is 244 g/mol. The minimum atomic E-state index is -0.395. The van der Waals surface area contributed by atoms with Crippen molar-refractivity contribution in [2.24, 2.45) is 0 Å². The molecule has 0 radical (unpaired) electrons. The minimum absolute atomic E-state index is 0.00343. The molecule has 0 spiro atoms. The molecule has 1 aliphatic carbocycles. The highest BCUT2D eigenvalue weighted by molar-refractivity contribution is 5.75. The van der Waals surface area contributed by atoms with Crippen molar-refractivity contribution in [3.8, 4) is 0 Å². The number of carbonyl (C=O) groups is 1. The summed E-state index contributed by atoms with van der Waals surface area (Å²) in [6, 6.07) is -0.243. The van der Waals surface area contributed by atoms with E-state index in [9.17, 15) is 9.90 Å². The van der Waals surface area contributed by atoms with Crippen LogP contribution in [0.15, 0.2) is 0 Å². The molecule has 6 nitrogen and oxygen atoms in total. The zero-order valence-electron chi connectivity index (χ0n) is 9.91. The van der Waals surface area contributed by atoms with Crippen molar-refractivity contribution in [3.63, 3.8) is 0 Å². The number of ether oxygens (including phenoxy) is 2. The van der Waals surface area contributed by atoms with Gasteiger partial charge in [0.2, 0.25) is 0 Å². The number of hydrogen-bond acceptors (Lipinski definition) is 4. The van der Waals surface area contributed by atoms with E-state index in [0.717, 1.165) is 19.3 Å². The number of nitrogens with one attached hydrogen (secondary N) is 2. The highest BCUT2D eigenvalue weighted by Gasteiger charge is 2.37. The van der Waals surface area contributed by atoms with E-state index in [1.807, 2.05) is 0 Å². The maximum Gasteiger partial charge on any atom is 0.315 e. The molecule has 0 aromatic rings. The second-order valence-electron chi connectivity index (χ2n) is 4.69. The Bertz CT molecular complexity index is 257. The second-order valence-corrected chi connectivity index (χ2v) is 4.69. The van der Waals surface area contributed by atoms with E-state index < -0.39 is 5.54 Å². The predicted octanol–water partition coefficient (Wildman–Crippen LogP) is -0.384. The molecular weight excluding hydrogens is 224 g/mol. The quantitative estimate of drug-likeness (QED) is 0.629. The van der Waals surface area contributed by atoms with Crippen LogP contribution in [0, 0.1) is 0 Å². The molecule has 6 heteroatoms. The SMILES string of the molecule is O=C(NCC1COCCO1)NC1(CO)CCC1. The van der Waals surface area contributed by atoms with Crippen LogP contribution in [-0.2, 0) is 9.47 Å². The summed E-state index contributed by atoms with van der Waals surface area (Å²) in [5, 5.41) is 14.8. The van der Waals surface area contributed by atoms with Gasteiger partial charge in [0.05, 0.1) is 38.1 Å². The first-order valence-electron chi connectivity index (χ1n) is 6.10. The van der Waals surface area contributed by atoms with Crippen molar-refractivity contribution in [1.82, 2.24) is 10.6 Å². The van der Waals surface area contributed by atoms with E-state index in [-0.39, 0.29) is 18.7 Å². The zero-order chi connectivity index (χ0) is 12.1. The molecule has 0 aromatic heterocycles. The highest BCUT2D eigenvalue weighted by atomic mass is 16.6. The molecule has 1 unspecified atom stereocenters. The Balaban J connectivity index is 1.66. The summed E-state index contributed by atoms with van der Waals surface area (Å²) < 4.78 is 10.6. The van der Waals surface area contributed by atoms with E-state index >= 15 is 0 Å². The lowest BCUT2D eigenvalue weighted by Crippen LogP contribution is -2.59. The van der Waals surface area contributed by atoms with Crippen molar-refractivity contribution in [2.75, 3.05) is 33.0 Å². The van der Waals surface area contributed by atoms with Gasteiger partial charge in [-0.1, -0.05) is 0 Å². The largest absolute Gasteiger partial charge is 0.394 e. The van der Waals surface area contributed by atoms with Gasteiger partial charge in [0, 0.05) is 6.54 Å². The predicted molar refractivity (Wildman–Crippen MR) is 60.8 cm³/mol. The fourth-order valence-electron chi connectivity index (χ4n) is 2.07. The zero-order valence-corrected chi connectivity index (χ0v) is 9.91. The highest BCUT2D eigenvalue weighted by Crippen LogP contribution is 2.30. The van der Waals surface area contributed by atoms with Gasteiger partial charge in [-0.15, -0.1) is 0 Å². The summed E-state index contributed by atoms with van der Waals surface area (Å²) in [4.78, 5) is 11.6. The Morgan fingerprint density at radius 1 is 1.41 bits per heavy atom. The lowest BCUT2D eigenvalue weighted by molar-refractivity contribution is -0.0854. The van der Waals surface area contributed by atoms with Crippen molar-refractivity contribution < 1.29 is 19.4 Å². The standard InChI is InChI=1S/C11H20N2O4/c14-8-11(2-1-3-11)13-10(15)12-6-9-7-16-4-5-17-9/h9,14H,1-8H2,(H2,12,13,15). The van der Waals surface area contributed by atoms with E-state index in [2.05, 4.69) is 10.6 Å².